The van der Waals surface area contributed by atoms with Gasteiger partial charge in [0, 0.05) is 57.3 Å². The Bertz CT molecular complexity index is 914. The van der Waals surface area contributed by atoms with Crippen molar-refractivity contribution in [2.24, 2.45) is 15.9 Å². The van der Waals surface area contributed by atoms with E-state index in [1.165, 1.54) is 12.1 Å². The molecule has 3 aliphatic rings. The lowest BCUT2D eigenvalue weighted by atomic mass is 9.82. The van der Waals surface area contributed by atoms with Gasteiger partial charge in [-0.2, -0.15) is 0 Å². The quantitative estimate of drug-likeness (QED) is 0.624. The van der Waals surface area contributed by atoms with E-state index in [0.29, 0.717) is 59.0 Å². The molecule has 0 saturated carbocycles. The number of carbonyl (C=O) groups is 1. The third-order valence-corrected chi connectivity index (χ3v) is 6.29. The Kier molecular flexibility index (Phi) is 7.72. The summed E-state index contributed by atoms with van der Waals surface area (Å²) < 4.78 is 52.1. The van der Waals surface area contributed by atoms with Gasteiger partial charge in [0.05, 0.1) is 26.4 Å². The van der Waals surface area contributed by atoms with Crippen LogP contribution in [0.25, 0.3) is 0 Å². The summed E-state index contributed by atoms with van der Waals surface area (Å²) >= 11 is 0. The molecular weight excluding hydrogens is 453 g/mol. The lowest BCUT2D eigenvalue weighted by Gasteiger charge is -2.41. The third-order valence-electron chi connectivity index (χ3n) is 6.29. The van der Waals surface area contributed by atoms with Crippen LogP contribution in [-0.2, 0) is 9.47 Å². The van der Waals surface area contributed by atoms with Gasteiger partial charge in [-0.1, -0.05) is 12.1 Å². The van der Waals surface area contributed by atoms with Crippen molar-refractivity contribution in [1.29, 1.82) is 0 Å². The van der Waals surface area contributed by atoms with Crippen LogP contribution >= 0.6 is 0 Å². The number of amidine groups is 1. The van der Waals surface area contributed by atoms with E-state index in [1.54, 1.807) is 24.1 Å². The van der Waals surface area contributed by atoms with Crippen LogP contribution in [0.15, 0.2) is 34.3 Å². The van der Waals surface area contributed by atoms with E-state index < -0.39 is 6.36 Å². The Morgan fingerprint density at radius 3 is 2.50 bits per heavy atom. The molecule has 2 fully saturated rings. The molecule has 0 aliphatic carbocycles. The second kappa shape index (κ2) is 10.7. The zero-order chi connectivity index (χ0) is 24.1. The van der Waals surface area contributed by atoms with E-state index in [4.69, 9.17) is 14.5 Å². The van der Waals surface area contributed by atoms with E-state index in [-0.39, 0.29) is 23.6 Å². The third kappa shape index (κ3) is 6.26. The maximum atomic E-state index is 13.3. The highest BCUT2D eigenvalue weighted by molar-refractivity contribution is 6.05. The molecule has 34 heavy (non-hydrogen) atoms. The van der Waals surface area contributed by atoms with Gasteiger partial charge < -0.3 is 24.0 Å². The average molecular weight is 483 g/mol. The number of methoxy groups -OCH3 is 1. The Labute approximate surface area is 196 Å². The number of carbonyl (C=O) groups excluding carboxylic acids is 1. The first-order chi connectivity index (χ1) is 16.3. The molecular formula is C23H29F3N4O4. The fourth-order valence-corrected chi connectivity index (χ4v) is 4.59. The zero-order valence-corrected chi connectivity index (χ0v) is 19.1. The number of amides is 2. The number of hydrogen-bond acceptors (Lipinski definition) is 6. The number of urea groups is 1. The summed E-state index contributed by atoms with van der Waals surface area (Å²) in [6, 6.07) is 5.87. The predicted molar refractivity (Wildman–Crippen MR) is 120 cm³/mol. The van der Waals surface area contributed by atoms with Gasteiger partial charge in [0.15, 0.2) is 0 Å². The van der Waals surface area contributed by atoms with Crippen LogP contribution < -0.4 is 4.74 Å². The van der Waals surface area contributed by atoms with Crippen LogP contribution in [0.2, 0.25) is 0 Å². The van der Waals surface area contributed by atoms with Crippen molar-refractivity contribution in [1.82, 2.24) is 9.80 Å². The number of alkyl halides is 3. The number of halogens is 3. The first-order valence-electron chi connectivity index (χ1n) is 11.4. The summed E-state index contributed by atoms with van der Waals surface area (Å²) in [6.45, 7) is 4.15. The second-order valence-electron chi connectivity index (χ2n) is 8.61. The normalized spacial score (nSPS) is 23.5. The molecule has 0 aromatic heterocycles. The Balaban J connectivity index is 1.51. The summed E-state index contributed by atoms with van der Waals surface area (Å²) in [7, 11) is 1.63. The van der Waals surface area contributed by atoms with Crippen molar-refractivity contribution >= 4 is 17.6 Å². The highest BCUT2D eigenvalue weighted by atomic mass is 19.4. The molecule has 0 radical (unpaired) electrons. The first-order valence-corrected chi connectivity index (χ1v) is 11.4. The number of ether oxygens (including phenoxy) is 3. The Hall–Kier alpha value is -2.66. The van der Waals surface area contributed by atoms with Crippen LogP contribution in [-0.4, -0.2) is 93.4 Å². The number of nitrogens with zero attached hydrogens (tertiary/aromatic N) is 4. The number of benzene rings is 1. The summed E-state index contributed by atoms with van der Waals surface area (Å²) in [5, 5.41) is 0. The SMILES string of the molecule is COCCC1=NCC(C2CC(c3ccc(OC(F)(F)F)cc3)CN(C(=O)N3CCOCC3)C2)=N1. The molecule has 11 heteroatoms. The number of aliphatic imine (C=N–C) groups is 2. The molecule has 0 spiro atoms. The van der Waals surface area contributed by atoms with Crippen molar-refractivity contribution in [3.8, 4) is 5.75 Å². The van der Waals surface area contributed by atoms with Crippen LogP contribution in [0, 0.1) is 5.92 Å². The maximum absolute atomic E-state index is 13.3. The highest BCUT2D eigenvalue weighted by Gasteiger charge is 2.36. The molecule has 3 aliphatic heterocycles. The predicted octanol–water partition coefficient (Wildman–Crippen LogP) is 3.33. The van der Waals surface area contributed by atoms with E-state index in [1.807, 2.05) is 4.90 Å². The molecule has 186 valence electrons. The summed E-state index contributed by atoms with van der Waals surface area (Å²) in [4.78, 5) is 26.1. The molecule has 2 atom stereocenters. The van der Waals surface area contributed by atoms with E-state index in [9.17, 15) is 18.0 Å². The van der Waals surface area contributed by atoms with Crippen LogP contribution in [0.4, 0.5) is 18.0 Å². The van der Waals surface area contributed by atoms with Crippen molar-refractivity contribution in [2.45, 2.75) is 25.1 Å². The van der Waals surface area contributed by atoms with Crippen molar-refractivity contribution in [2.75, 3.05) is 59.7 Å². The lowest BCUT2D eigenvalue weighted by molar-refractivity contribution is -0.274. The van der Waals surface area contributed by atoms with Gasteiger partial charge in [0.1, 0.15) is 11.6 Å². The van der Waals surface area contributed by atoms with Gasteiger partial charge in [-0.3, -0.25) is 4.99 Å². The summed E-state index contributed by atoms with van der Waals surface area (Å²) in [6.07, 6.45) is -3.37. The van der Waals surface area contributed by atoms with Crippen LogP contribution in [0.1, 0.15) is 24.3 Å². The lowest BCUT2D eigenvalue weighted by Crippen LogP contribution is -2.53. The molecule has 1 aromatic rings. The van der Waals surface area contributed by atoms with E-state index in [0.717, 1.165) is 23.5 Å². The minimum atomic E-state index is -4.74. The number of likely N-dealkylation sites (tertiary alicyclic amines) is 1. The first kappa shape index (κ1) is 24.5. The minimum absolute atomic E-state index is 0.0126. The number of rotatable bonds is 6. The Morgan fingerprint density at radius 2 is 1.82 bits per heavy atom. The number of morpholine rings is 1. The topological polar surface area (TPSA) is 76.0 Å². The molecule has 2 saturated heterocycles. The molecule has 1 aromatic carbocycles. The monoisotopic (exact) mass is 482 g/mol. The van der Waals surface area contributed by atoms with Crippen molar-refractivity contribution in [3.05, 3.63) is 29.8 Å². The molecule has 0 bridgehead atoms. The molecule has 2 unspecified atom stereocenters. The fraction of sp³-hybridized carbons (Fsp3) is 0.609. The highest BCUT2D eigenvalue weighted by Crippen LogP contribution is 2.34. The van der Waals surface area contributed by atoms with Gasteiger partial charge in [0.2, 0.25) is 0 Å². The number of piperidine rings is 1. The second-order valence-corrected chi connectivity index (χ2v) is 8.61. The van der Waals surface area contributed by atoms with Gasteiger partial charge in [0.25, 0.3) is 0 Å². The number of hydrogen-bond donors (Lipinski definition) is 0. The van der Waals surface area contributed by atoms with Gasteiger partial charge in [-0.05, 0) is 24.1 Å². The molecule has 4 rings (SSSR count). The van der Waals surface area contributed by atoms with Crippen molar-refractivity contribution in [3.63, 3.8) is 0 Å². The summed E-state index contributed by atoms with van der Waals surface area (Å²) in [5.74, 6) is 0.452. The minimum Gasteiger partial charge on any atom is -0.406 e. The van der Waals surface area contributed by atoms with Gasteiger partial charge in [-0.15, -0.1) is 13.2 Å². The largest absolute Gasteiger partial charge is 0.573 e. The van der Waals surface area contributed by atoms with Gasteiger partial charge >= 0.3 is 12.4 Å². The summed E-state index contributed by atoms with van der Waals surface area (Å²) in [5.41, 5.74) is 1.80. The van der Waals surface area contributed by atoms with Crippen LogP contribution in [0.3, 0.4) is 0 Å². The van der Waals surface area contributed by atoms with E-state index >= 15 is 0 Å². The van der Waals surface area contributed by atoms with Crippen molar-refractivity contribution < 1.29 is 32.2 Å². The Morgan fingerprint density at radius 1 is 1.12 bits per heavy atom. The molecule has 8 nitrogen and oxygen atoms in total. The standard InChI is InChI=1S/C23H29F3N4O4/c1-32-9-6-21-27-13-20(28-21)18-12-17(16-2-4-19(5-3-16)34-23(24,25)26)14-30(15-18)22(31)29-7-10-33-11-8-29/h2-5,17-18H,6-15H2,1H3. The molecule has 3 heterocycles. The van der Waals surface area contributed by atoms with E-state index in [2.05, 4.69) is 9.73 Å². The maximum Gasteiger partial charge on any atom is 0.573 e. The zero-order valence-electron chi connectivity index (χ0n) is 19.1. The van der Waals surface area contributed by atoms with Crippen LogP contribution in [0.5, 0.6) is 5.75 Å². The fourth-order valence-electron chi connectivity index (χ4n) is 4.59. The van der Waals surface area contributed by atoms with Gasteiger partial charge in [-0.25, -0.2) is 9.79 Å². The molecule has 0 N–H and O–H groups in total. The average Bonchev–Trinajstić information content (AvgIpc) is 3.31. The molecule has 2 amide bonds. The smallest absolute Gasteiger partial charge is 0.406 e.